The summed E-state index contributed by atoms with van der Waals surface area (Å²) in [4.78, 5) is 11.7. The molecule has 0 spiro atoms. The standard InChI is InChI=1S/C24H25NO4S/c1-3-4-5-6-7-8-9-20-21-14-17-24(26)29-23(21)16-15-22(20)25-30(27,28)19-12-10-18(2)11-13-19/h10-17,25H,3-7H2,1-2H3. The molecule has 5 nitrogen and oxygen atoms in total. The second-order valence-corrected chi connectivity index (χ2v) is 8.87. The lowest BCUT2D eigenvalue weighted by atomic mass is 10.1. The minimum absolute atomic E-state index is 0.172. The molecule has 0 unspecified atom stereocenters. The summed E-state index contributed by atoms with van der Waals surface area (Å²) in [6, 6.07) is 12.7. The molecule has 0 atom stereocenters. The van der Waals surface area contributed by atoms with Gasteiger partial charge in [-0.2, -0.15) is 0 Å². The fraction of sp³-hybridized carbons (Fsp3) is 0.292. The Morgan fingerprint density at radius 2 is 1.73 bits per heavy atom. The van der Waals surface area contributed by atoms with Crippen LogP contribution in [0.15, 0.2) is 62.6 Å². The lowest BCUT2D eigenvalue weighted by Gasteiger charge is -2.12. The molecular formula is C24H25NO4S. The molecule has 0 bridgehead atoms. The zero-order valence-corrected chi connectivity index (χ0v) is 18.0. The molecule has 0 saturated heterocycles. The van der Waals surface area contributed by atoms with Crippen LogP contribution in [0.5, 0.6) is 0 Å². The van der Waals surface area contributed by atoms with Crippen molar-refractivity contribution in [2.45, 2.75) is 50.8 Å². The van der Waals surface area contributed by atoms with Gasteiger partial charge in [0.1, 0.15) is 5.58 Å². The van der Waals surface area contributed by atoms with E-state index in [1.54, 1.807) is 42.5 Å². The normalized spacial score (nSPS) is 11.1. The van der Waals surface area contributed by atoms with Gasteiger partial charge in [0.15, 0.2) is 0 Å². The van der Waals surface area contributed by atoms with Crippen molar-refractivity contribution in [1.29, 1.82) is 0 Å². The third-order valence-electron chi connectivity index (χ3n) is 4.75. The first-order valence-corrected chi connectivity index (χ1v) is 11.5. The van der Waals surface area contributed by atoms with E-state index >= 15 is 0 Å². The van der Waals surface area contributed by atoms with Crippen molar-refractivity contribution in [3.63, 3.8) is 0 Å². The Labute approximate surface area is 177 Å². The Bertz CT molecular complexity index is 1250. The van der Waals surface area contributed by atoms with E-state index in [2.05, 4.69) is 23.5 Å². The van der Waals surface area contributed by atoms with Gasteiger partial charge in [-0.05, 0) is 43.7 Å². The third-order valence-corrected chi connectivity index (χ3v) is 6.13. The van der Waals surface area contributed by atoms with E-state index in [1.165, 1.54) is 12.5 Å². The lowest BCUT2D eigenvalue weighted by Crippen LogP contribution is -2.14. The lowest BCUT2D eigenvalue weighted by molar-refractivity contribution is 0.561. The maximum Gasteiger partial charge on any atom is 0.336 e. The summed E-state index contributed by atoms with van der Waals surface area (Å²) in [5.41, 5.74) is 1.75. The molecule has 2 aromatic carbocycles. The topological polar surface area (TPSA) is 76.4 Å². The summed E-state index contributed by atoms with van der Waals surface area (Å²) in [6.07, 6.45) is 5.15. The molecule has 0 radical (unpaired) electrons. The Kier molecular flexibility index (Phi) is 6.96. The number of hydrogen-bond acceptors (Lipinski definition) is 4. The van der Waals surface area contributed by atoms with Crippen molar-refractivity contribution < 1.29 is 12.8 Å². The van der Waals surface area contributed by atoms with Crippen LogP contribution in [0.25, 0.3) is 11.0 Å². The van der Waals surface area contributed by atoms with Crippen LogP contribution in [0.4, 0.5) is 5.69 Å². The van der Waals surface area contributed by atoms with Gasteiger partial charge in [-0.15, -0.1) is 0 Å². The van der Waals surface area contributed by atoms with Crippen molar-refractivity contribution in [2.24, 2.45) is 0 Å². The first-order valence-electron chi connectivity index (χ1n) is 10.1. The number of nitrogens with one attached hydrogen (secondary N) is 1. The van der Waals surface area contributed by atoms with E-state index in [0.29, 0.717) is 22.2 Å². The van der Waals surface area contributed by atoms with E-state index in [9.17, 15) is 13.2 Å². The second kappa shape index (κ2) is 9.64. The number of unbranched alkanes of at least 4 members (excludes halogenated alkanes) is 4. The fourth-order valence-electron chi connectivity index (χ4n) is 3.08. The molecule has 30 heavy (non-hydrogen) atoms. The van der Waals surface area contributed by atoms with Crippen LogP contribution >= 0.6 is 0 Å². The van der Waals surface area contributed by atoms with E-state index in [4.69, 9.17) is 4.42 Å². The highest BCUT2D eigenvalue weighted by atomic mass is 32.2. The number of benzene rings is 2. The van der Waals surface area contributed by atoms with Gasteiger partial charge in [-0.1, -0.05) is 55.7 Å². The van der Waals surface area contributed by atoms with Gasteiger partial charge < -0.3 is 4.42 Å². The largest absolute Gasteiger partial charge is 0.423 e. The number of anilines is 1. The summed E-state index contributed by atoms with van der Waals surface area (Å²) in [5.74, 6) is 6.23. The Balaban J connectivity index is 1.99. The van der Waals surface area contributed by atoms with Crippen LogP contribution in [-0.4, -0.2) is 8.42 Å². The maximum atomic E-state index is 12.9. The third kappa shape index (κ3) is 5.31. The zero-order chi connectivity index (χ0) is 21.6. The summed E-state index contributed by atoms with van der Waals surface area (Å²) in [7, 11) is -3.78. The van der Waals surface area contributed by atoms with Crippen molar-refractivity contribution >= 4 is 26.7 Å². The summed E-state index contributed by atoms with van der Waals surface area (Å²) < 4.78 is 33.6. The highest BCUT2D eigenvalue weighted by Gasteiger charge is 2.17. The molecule has 1 heterocycles. The summed E-state index contributed by atoms with van der Waals surface area (Å²) >= 11 is 0. The van der Waals surface area contributed by atoms with Gasteiger partial charge >= 0.3 is 5.63 Å². The average Bonchev–Trinajstić information content (AvgIpc) is 2.71. The highest BCUT2D eigenvalue weighted by Crippen LogP contribution is 2.27. The molecular weight excluding hydrogens is 398 g/mol. The fourth-order valence-corrected chi connectivity index (χ4v) is 4.15. The van der Waals surface area contributed by atoms with Gasteiger partial charge in [0.05, 0.1) is 16.1 Å². The van der Waals surface area contributed by atoms with Crippen molar-refractivity contribution in [3.05, 3.63) is 70.1 Å². The number of hydrogen-bond donors (Lipinski definition) is 1. The number of sulfonamides is 1. The van der Waals surface area contributed by atoms with Crippen LogP contribution in [0, 0.1) is 18.8 Å². The molecule has 3 rings (SSSR count). The molecule has 0 aliphatic heterocycles. The molecule has 1 aromatic heterocycles. The van der Waals surface area contributed by atoms with Crippen LogP contribution in [-0.2, 0) is 10.0 Å². The van der Waals surface area contributed by atoms with Gasteiger partial charge in [-0.3, -0.25) is 4.72 Å². The Morgan fingerprint density at radius 3 is 2.47 bits per heavy atom. The predicted octanol–water partition coefficient (Wildman–Crippen LogP) is 5.22. The Morgan fingerprint density at radius 1 is 0.967 bits per heavy atom. The Hall–Kier alpha value is -3.04. The second-order valence-electron chi connectivity index (χ2n) is 7.19. The monoisotopic (exact) mass is 423 g/mol. The molecule has 3 aromatic rings. The van der Waals surface area contributed by atoms with E-state index in [1.807, 2.05) is 6.92 Å². The van der Waals surface area contributed by atoms with Crippen LogP contribution in [0.2, 0.25) is 0 Å². The molecule has 0 aliphatic carbocycles. The average molecular weight is 424 g/mol. The van der Waals surface area contributed by atoms with Crippen LogP contribution in [0.1, 0.15) is 50.2 Å². The summed E-state index contributed by atoms with van der Waals surface area (Å²) in [6.45, 7) is 4.05. The maximum absolute atomic E-state index is 12.9. The van der Waals surface area contributed by atoms with Gasteiger partial charge in [0.25, 0.3) is 10.0 Å². The minimum atomic E-state index is -3.78. The smallest absolute Gasteiger partial charge is 0.336 e. The number of rotatable bonds is 7. The molecule has 0 aliphatic rings. The molecule has 1 N–H and O–H groups in total. The SMILES string of the molecule is CCCCCCC#Cc1c(NS(=O)(=O)c2ccc(C)cc2)ccc2oc(=O)ccc12. The number of fused-ring (bicyclic) bond motifs is 1. The quantitative estimate of drug-likeness (QED) is 0.321. The van der Waals surface area contributed by atoms with Gasteiger partial charge in [-0.25, -0.2) is 13.2 Å². The molecule has 0 saturated carbocycles. The highest BCUT2D eigenvalue weighted by molar-refractivity contribution is 7.92. The summed E-state index contributed by atoms with van der Waals surface area (Å²) in [5, 5.41) is 0.597. The van der Waals surface area contributed by atoms with E-state index < -0.39 is 15.6 Å². The van der Waals surface area contributed by atoms with Gasteiger partial charge in [0, 0.05) is 17.9 Å². The zero-order valence-electron chi connectivity index (χ0n) is 17.2. The predicted molar refractivity (Wildman–Crippen MR) is 120 cm³/mol. The molecule has 0 amide bonds. The first-order chi connectivity index (χ1) is 14.4. The van der Waals surface area contributed by atoms with E-state index in [-0.39, 0.29) is 4.90 Å². The van der Waals surface area contributed by atoms with Crippen LogP contribution in [0.3, 0.4) is 0 Å². The van der Waals surface area contributed by atoms with E-state index in [0.717, 1.165) is 31.2 Å². The first kappa shape index (κ1) is 21.7. The molecule has 6 heteroatoms. The number of aryl methyl sites for hydroxylation is 1. The minimum Gasteiger partial charge on any atom is -0.423 e. The molecule has 0 fully saturated rings. The molecule has 156 valence electrons. The van der Waals surface area contributed by atoms with Gasteiger partial charge in [0.2, 0.25) is 0 Å². The van der Waals surface area contributed by atoms with Crippen molar-refractivity contribution in [2.75, 3.05) is 4.72 Å². The van der Waals surface area contributed by atoms with Crippen molar-refractivity contribution in [1.82, 2.24) is 0 Å². The van der Waals surface area contributed by atoms with Crippen LogP contribution < -0.4 is 10.3 Å². The van der Waals surface area contributed by atoms with Crippen molar-refractivity contribution in [3.8, 4) is 11.8 Å².